The first-order valence-corrected chi connectivity index (χ1v) is 6.64. The average molecular weight is 293 g/mol. The van der Waals surface area contributed by atoms with Crippen LogP contribution >= 0.6 is 23.2 Å². The summed E-state index contributed by atoms with van der Waals surface area (Å²) in [4.78, 5) is 0. The maximum Gasteiger partial charge on any atom is 0.167 e. The first kappa shape index (κ1) is 12.5. The molecular formula is C13H10Cl2N4. The standard InChI is InChI=1S/C13H10Cl2N4/c14-9-2-1-3-12(13(9)15)19-11-4-5-17-7-8(11)10(6-16)18-19/h1-3,17H,4-5,7H2. The molecule has 1 aromatic carbocycles. The Morgan fingerprint density at radius 2 is 2.21 bits per heavy atom. The molecule has 0 bridgehead atoms. The first-order chi connectivity index (χ1) is 9.22. The molecule has 1 aromatic heterocycles. The van der Waals surface area contributed by atoms with Crippen LogP contribution in [-0.2, 0) is 13.0 Å². The van der Waals surface area contributed by atoms with Gasteiger partial charge in [-0.25, -0.2) is 4.68 Å². The molecule has 2 aromatic rings. The molecule has 3 rings (SSSR count). The zero-order valence-corrected chi connectivity index (χ0v) is 11.5. The van der Waals surface area contributed by atoms with Crippen molar-refractivity contribution < 1.29 is 0 Å². The molecule has 0 atom stereocenters. The van der Waals surface area contributed by atoms with E-state index in [1.165, 1.54) is 0 Å². The van der Waals surface area contributed by atoms with E-state index < -0.39 is 0 Å². The van der Waals surface area contributed by atoms with Crippen LogP contribution in [0.2, 0.25) is 10.0 Å². The normalized spacial score (nSPS) is 13.9. The van der Waals surface area contributed by atoms with E-state index in [-0.39, 0.29) is 0 Å². The zero-order valence-electron chi connectivity index (χ0n) is 9.95. The Morgan fingerprint density at radius 3 is 3.00 bits per heavy atom. The summed E-state index contributed by atoms with van der Waals surface area (Å²) in [5.41, 5.74) is 3.14. The summed E-state index contributed by atoms with van der Waals surface area (Å²) < 4.78 is 1.74. The van der Waals surface area contributed by atoms with Crippen molar-refractivity contribution >= 4 is 23.2 Å². The second kappa shape index (κ2) is 4.86. The molecule has 0 spiro atoms. The van der Waals surface area contributed by atoms with Gasteiger partial charge in [0, 0.05) is 25.1 Å². The third-order valence-electron chi connectivity index (χ3n) is 3.20. The average Bonchev–Trinajstić information content (AvgIpc) is 2.81. The smallest absolute Gasteiger partial charge is 0.167 e. The minimum atomic E-state index is 0.443. The second-order valence-electron chi connectivity index (χ2n) is 4.30. The zero-order chi connectivity index (χ0) is 13.4. The first-order valence-electron chi connectivity index (χ1n) is 5.88. The van der Waals surface area contributed by atoms with Crippen LogP contribution in [-0.4, -0.2) is 16.3 Å². The number of aromatic nitrogens is 2. The number of nitriles is 1. The SMILES string of the molecule is N#Cc1nn(-c2cccc(Cl)c2Cl)c2c1CNCC2. The lowest BCUT2D eigenvalue weighted by Crippen LogP contribution is -2.24. The van der Waals surface area contributed by atoms with E-state index in [1.54, 1.807) is 10.7 Å². The molecule has 0 fully saturated rings. The number of halogens is 2. The maximum absolute atomic E-state index is 9.17. The van der Waals surface area contributed by atoms with Crippen LogP contribution in [0.1, 0.15) is 17.0 Å². The quantitative estimate of drug-likeness (QED) is 0.879. The lowest BCUT2D eigenvalue weighted by atomic mass is 10.1. The van der Waals surface area contributed by atoms with Gasteiger partial charge in [0.25, 0.3) is 0 Å². The highest BCUT2D eigenvalue weighted by Gasteiger charge is 2.22. The molecule has 0 saturated carbocycles. The van der Waals surface area contributed by atoms with Gasteiger partial charge >= 0.3 is 0 Å². The Balaban J connectivity index is 2.24. The largest absolute Gasteiger partial charge is 0.312 e. The summed E-state index contributed by atoms with van der Waals surface area (Å²) in [7, 11) is 0. The van der Waals surface area contributed by atoms with E-state index >= 15 is 0 Å². The van der Waals surface area contributed by atoms with Crippen molar-refractivity contribution in [2.45, 2.75) is 13.0 Å². The van der Waals surface area contributed by atoms with E-state index in [1.807, 2.05) is 12.1 Å². The summed E-state index contributed by atoms with van der Waals surface area (Å²) >= 11 is 12.3. The molecule has 0 aliphatic carbocycles. The van der Waals surface area contributed by atoms with Crippen LogP contribution in [0, 0.1) is 11.3 Å². The van der Waals surface area contributed by atoms with E-state index in [9.17, 15) is 0 Å². The Bertz CT molecular complexity index is 685. The van der Waals surface area contributed by atoms with Crippen LogP contribution in [0.5, 0.6) is 0 Å². The lowest BCUT2D eigenvalue weighted by Gasteiger charge is -2.16. The molecule has 0 amide bonds. The van der Waals surface area contributed by atoms with Crippen molar-refractivity contribution in [2.24, 2.45) is 0 Å². The highest BCUT2D eigenvalue weighted by Crippen LogP contribution is 2.31. The number of nitrogens with zero attached hydrogens (tertiary/aromatic N) is 3. The number of rotatable bonds is 1. The Hall–Kier alpha value is -1.54. The predicted molar refractivity (Wildman–Crippen MR) is 73.7 cm³/mol. The van der Waals surface area contributed by atoms with Gasteiger partial charge in [0.1, 0.15) is 6.07 Å². The molecule has 1 N–H and O–H groups in total. The van der Waals surface area contributed by atoms with Gasteiger partial charge in [0.05, 0.1) is 21.4 Å². The molecule has 2 heterocycles. The van der Waals surface area contributed by atoms with Gasteiger partial charge in [-0.3, -0.25) is 0 Å². The van der Waals surface area contributed by atoms with Gasteiger partial charge in [-0.1, -0.05) is 29.3 Å². The minimum absolute atomic E-state index is 0.443. The van der Waals surface area contributed by atoms with Gasteiger partial charge in [-0.2, -0.15) is 10.4 Å². The fraction of sp³-hybridized carbons (Fsp3) is 0.231. The highest BCUT2D eigenvalue weighted by molar-refractivity contribution is 6.43. The fourth-order valence-corrected chi connectivity index (χ4v) is 2.67. The highest BCUT2D eigenvalue weighted by atomic mass is 35.5. The molecule has 6 heteroatoms. The summed E-state index contributed by atoms with van der Waals surface area (Å²) in [5, 5.41) is 17.7. The Morgan fingerprint density at radius 1 is 1.37 bits per heavy atom. The molecule has 0 saturated heterocycles. The van der Waals surface area contributed by atoms with Crippen LogP contribution in [0.4, 0.5) is 0 Å². The lowest BCUT2D eigenvalue weighted by molar-refractivity contribution is 0.622. The van der Waals surface area contributed by atoms with Crippen molar-refractivity contribution in [2.75, 3.05) is 6.54 Å². The predicted octanol–water partition coefficient (Wildman–Crippen LogP) is 2.70. The molecule has 19 heavy (non-hydrogen) atoms. The number of fused-ring (bicyclic) bond motifs is 1. The number of nitrogens with one attached hydrogen (secondary N) is 1. The van der Waals surface area contributed by atoms with Crippen molar-refractivity contribution in [1.29, 1.82) is 5.26 Å². The van der Waals surface area contributed by atoms with E-state index in [2.05, 4.69) is 16.5 Å². The van der Waals surface area contributed by atoms with E-state index in [0.717, 1.165) is 24.2 Å². The topological polar surface area (TPSA) is 53.6 Å². The van der Waals surface area contributed by atoms with Crippen LogP contribution in [0.25, 0.3) is 5.69 Å². The monoisotopic (exact) mass is 292 g/mol. The van der Waals surface area contributed by atoms with Gasteiger partial charge in [0.15, 0.2) is 5.69 Å². The molecular weight excluding hydrogens is 283 g/mol. The number of benzene rings is 1. The third-order valence-corrected chi connectivity index (χ3v) is 4.00. The van der Waals surface area contributed by atoms with Crippen LogP contribution in [0.15, 0.2) is 18.2 Å². The summed E-state index contributed by atoms with van der Waals surface area (Å²) in [6.07, 6.45) is 0.812. The fourth-order valence-electron chi connectivity index (χ4n) is 2.29. The van der Waals surface area contributed by atoms with Gasteiger partial charge in [-0.15, -0.1) is 0 Å². The number of hydrogen-bond donors (Lipinski definition) is 1. The minimum Gasteiger partial charge on any atom is -0.312 e. The van der Waals surface area contributed by atoms with Crippen LogP contribution < -0.4 is 5.32 Å². The maximum atomic E-state index is 9.17. The second-order valence-corrected chi connectivity index (χ2v) is 5.08. The molecule has 96 valence electrons. The van der Waals surface area contributed by atoms with E-state index in [0.29, 0.717) is 28.0 Å². The van der Waals surface area contributed by atoms with Gasteiger partial charge in [-0.05, 0) is 12.1 Å². The van der Waals surface area contributed by atoms with Gasteiger partial charge in [0.2, 0.25) is 0 Å². The van der Waals surface area contributed by atoms with E-state index in [4.69, 9.17) is 28.5 Å². The van der Waals surface area contributed by atoms with Crippen molar-refractivity contribution in [1.82, 2.24) is 15.1 Å². The molecule has 4 nitrogen and oxygen atoms in total. The van der Waals surface area contributed by atoms with Crippen LogP contribution in [0.3, 0.4) is 0 Å². The molecule has 0 unspecified atom stereocenters. The molecule has 1 aliphatic rings. The Kier molecular flexibility index (Phi) is 3.19. The van der Waals surface area contributed by atoms with Crippen molar-refractivity contribution in [3.63, 3.8) is 0 Å². The van der Waals surface area contributed by atoms with Gasteiger partial charge < -0.3 is 5.32 Å². The summed E-state index contributed by atoms with van der Waals surface area (Å²) in [5.74, 6) is 0. The summed E-state index contributed by atoms with van der Waals surface area (Å²) in [6, 6.07) is 7.54. The molecule has 0 radical (unpaired) electrons. The third kappa shape index (κ3) is 2.00. The molecule has 1 aliphatic heterocycles. The number of hydrogen-bond acceptors (Lipinski definition) is 3. The Labute approximate surface area is 120 Å². The van der Waals surface area contributed by atoms with Crippen molar-refractivity contribution in [3.8, 4) is 11.8 Å². The summed E-state index contributed by atoms with van der Waals surface area (Å²) in [6.45, 7) is 1.53. The van der Waals surface area contributed by atoms with Crippen molar-refractivity contribution in [3.05, 3.63) is 45.2 Å².